The lowest BCUT2D eigenvalue weighted by Gasteiger charge is -2.24. The molecule has 0 saturated carbocycles. The van der Waals surface area contributed by atoms with E-state index >= 15 is 0 Å². The van der Waals surface area contributed by atoms with E-state index in [4.69, 9.17) is 28.3 Å². The zero-order valence-electron chi connectivity index (χ0n) is 12.7. The molecule has 0 amide bonds. The molecule has 2 aromatic carbocycles. The summed E-state index contributed by atoms with van der Waals surface area (Å²) in [6.45, 7) is -1.09. The van der Waals surface area contributed by atoms with Gasteiger partial charge in [-0.15, -0.1) is 0 Å². The summed E-state index contributed by atoms with van der Waals surface area (Å²) in [6.07, 6.45) is -4.73. The lowest BCUT2D eigenvalue weighted by Crippen LogP contribution is -2.36. The average molecular weight is 428 g/mol. The molecule has 0 heterocycles. The smallest absolute Gasteiger partial charge is 0.416 e. The van der Waals surface area contributed by atoms with Gasteiger partial charge in [0.25, 0.3) is 10.0 Å². The average Bonchev–Trinajstić information content (AvgIpc) is 2.51. The number of benzene rings is 2. The molecule has 0 aliphatic carbocycles. The van der Waals surface area contributed by atoms with Gasteiger partial charge >= 0.3 is 12.1 Å². The molecule has 0 bridgehead atoms. The SMILES string of the molecule is O=C(O)CN(c1cccc(C(F)(F)F)c1)S(=O)(=O)c1ccc(Cl)cc1Cl. The van der Waals surface area contributed by atoms with E-state index in [1.807, 2.05) is 0 Å². The minimum Gasteiger partial charge on any atom is -0.480 e. The van der Waals surface area contributed by atoms with Crippen molar-refractivity contribution in [2.45, 2.75) is 11.1 Å². The topological polar surface area (TPSA) is 74.7 Å². The van der Waals surface area contributed by atoms with E-state index in [0.717, 1.165) is 30.3 Å². The fourth-order valence-corrected chi connectivity index (χ4v) is 4.23. The number of halogens is 5. The molecule has 2 rings (SSSR count). The van der Waals surface area contributed by atoms with Crippen LogP contribution < -0.4 is 4.31 Å². The van der Waals surface area contributed by atoms with Gasteiger partial charge in [-0.25, -0.2) is 8.42 Å². The highest BCUT2D eigenvalue weighted by molar-refractivity contribution is 7.93. The first-order chi connectivity index (χ1) is 11.9. The lowest BCUT2D eigenvalue weighted by atomic mass is 10.2. The Hall–Kier alpha value is -1.97. The van der Waals surface area contributed by atoms with Gasteiger partial charge in [0.15, 0.2) is 0 Å². The summed E-state index contributed by atoms with van der Waals surface area (Å²) in [5.41, 5.74) is -1.59. The van der Waals surface area contributed by atoms with Crippen LogP contribution in [0, 0.1) is 0 Å². The molecular formula is C15H10Cl2F3NO4S. The van der Waals surface area contributed by atoms with Crippen LogP contribution in [0.1, 0.15) is 5.56 Å². The Kier molecular flexibility index (Phi) is 5.74. The van der Waals surface area contributed by atoms with Crippen LogP contribution in [0.25, 0.3) is 0 Å². The van der Waals surface area contributed by atoms with Gasteiger partial charge in [0.2, 0.25) is 0 Å². The van der Waals surface area contributed by atoms with Crippen LogP contribution in [-0.4, -0.2) is 26.0 Å². The Morgan fingerprint density at radius 3 is 2.31 bits per heavy atom. The molecule has 0 aliphatic rings. The number of hydrogen-bond acceptors (Lipinski definition) is 3. The van der Waals surface area contributed by atoms with Gasteiger partial charge in [0.05, 0.1) is 16.3 Å². The molecule has 5 nitrogen and oxygen atoms in total. The largest absolute Gasteiger partial charge is 0.480 e. The van der Waals surface area contributed by atoms with Crippen LogP contribution in [0.15, 0.2) is 47.4 Å². The van der Waals surface area contributed by atoms with E-state index in [0.29, 0.717) is 10.4 Å². The van der Waals surface area contributed by atoms with Crippen LogP contribution in [-0.2, 0) is 21.0 Å². The van der Waals surface area contributed by atoms with Gasteiger partial charge in [-0.1, -0.05) is 29.3 Å². The fraction of sp³-hybridized carbons (Fsp3) is 0.133. The molecule has 0 saturated heterocycles. The van der Waals surface area contributed by atoms with Crippen LogP contribution in [0.2, 0.25) is 10.0 Å². The zero-order valence-corrected chi connectivity index (χ0v) is 15.0. The Bertz CT molecular complexity index is 948. The Labute approximate surface area is 156 Å². The third-order valence-corrected chi connectivity index (χ3v) is 5.69. The summed E-state index contributed by atoms with van der Waals surface area (Å²) in [5.74, 6) is -1.56. The van der Waals surface area contributed by atoms with Crippen molar-refractivity contribution in [3.8, 4) is 0 Å². The number of carboxylic acid groups (broad SMARTS) is 1. The predicted octanol–water partition coefficient (Wildman–Crippen LogP) is 4.29. The highest BCUT2D eigenvalue weighted by Crippen LogP contribution is 2.34. The maximum absolute atomic E-state index is 12.9. The Morgan fingerprint density at radius 1 is 1.12 bits per heavy atom. The van der Waals surface area contributed by atoms with Crippen molar-refractivity contribution in [2.24, 2.45) is 0 Å². The monoisotopic (exact) mass is 427 g/mol. The first-order valence-corrected chi connectivity index (χ1v) is 8.99. The number of sulfonamides is 1. The van der Waals surface area contributed by atoms with Gasteiger partial charge < -0.3 is 5.11 Å². The molecule has 0 spiro atoms. The summed E-state index contributed by atoms with van der Waals surface area (Å²) < 4.78 is 64.7. The summed E-state index contributed by atoms with van der Waals surface area (Å²) in [6, 6.07) is 6.70. The second kappa shape index (κ2) is 7.34. The minimum atomic E-state index is -4.73. The highest BCUT2D eigenvalue weighted by Gasteiger charge is 2.33. The van der Waals surface area contributed by atoms with Crippen LogP contribution in [0.4, 0.5) is 18.9 Å². The van der Waals surface area contributed by atoms with Crippen molar-refractivity contribution in [1.82, 2.24) is 0 Å². The lowest BCUT2D eigenvalue weighted by molar-refractivity contribution is -0.137. The highest BCUT2D eigenvalue weighted by atomic mass is 35.5. The third-order valence-electron chi connectivity index (χ3n) is 3.20. The quantitative estimate of drug-likeness (QED) is 0.771. The molecule has 26 heavy (non-hydrogen) atoms. The molecule has 2 aromatic rings. The van der Waals surface area contributed by atoms with E-state index in [9.17, 15) is 26.4 Å². The molecule has 0 aromatic heterocycles. The molecular weight excluding hydrogens is 418 g/mol. The van der Waals surface area contributed by atoms with E-state index < -0.39 is 44.9 Å². The summed E-state index contributed by atoms with van der Waals surface area (Å²) >= 11 is 11.6. The third kappa shape index (κ3) is 4.40. The van der Waals surface area contributed by atoms with Crippen molar-refractivity contribution in [3.05, 3.63) is 58.1 Å². The van der Waals surface area contributed by atoms with E-state index in [1.54, 1.807) is 0 Å². The second-order valence-electron chi connectivity index (χ2n) is 5.03. The number of aliphatic carboxylic acids is 1. The van der Waals surface area contributed by atoms with Crippen LogP contribution in [0.3, 0.4) is 0 Å². The van der Waals surface area contributed by atoms with E-state index in [1.165, 1.54) is 6.07 Å². The molecule has 0 radical (unpaired) electrons. The minimum absolute atomic E-state index is 0.137. The molecule has 0 atom stereocenters. The maximum Gasteiger partial charge on any atom is 0.416 e. The number of alkyl halides is 3. The number of carbonyl (C=O) groups is 1. The summed E-state index contributed by atoms with van der Waals surface area (Å²) in [7, 11) is -4.56. The number of hydrogen-bond donors (Lipinski definition) is 1. The van der Waals surface area contributed by atoms with E-state index in [2.05, 4.69) is 0 Å². The first-order valence-electron chi connectivity index (χ1n) is 6.80. The van der Waals surface area contributed by atoms with E-state index in [-0.39, 0.29) is 10.0 Å². The Balaban J connectivity index is 2.63. The van der Waals surface area contributed by atoms with Crippen molar-refractivity contribution < 1.29 is 31.5 Å². The van der Waals surface area contributed by atoms with Gasteiger partial charge in [-0.3, -0.25) is 9.10 Å². The number of nitrogens with zero attached hydrogens (tertiary/aromatic N) is 1. The van der Waals surface area contributed by atoms with Crippen molar-refractivity contribution >= 4 is 44.9 Å². The van der Waals surface area contributed by atoms with Gasteiger partial charge in [0.1, 0.15) is 11.4 Å². The predicted molar refractivity (Wildman–Crippen MR) is 90.1 cm³/mol. The molecule has 1 N–H and O–H groups in total. The molecule has 0 unspecified atom stereocenters. The maximum atomic E-state index is 12.9. The second-order valence-corrected chi connectivity index (χ2v) is 7.70. The van der Waals surface area contributed by atoms with Gasteiger partial charge in [-0.05, 0) is 36.4 Å². The summed E-state index contributed by atoms with van der Waals surface area (Å²) in [5, 5.41) is 8.86. The molecule has 11 heteroatoms. The van der Waals surface area contributed by atoms with Crippen molar-refractivity contribution in [2.75, 3.05) is 10.8 Å². The molecule has 140 valence electrons. The van der Waals surface area contributed by atoms with Crippen molar-refractivity contribution in [1.29, 1.82) is 0 Å². The number of carboxylic acids is 1. The standard InChI is InChI=1S/C15H10Cl2F3NO4S/c16-10-4-5-13(12(17)7-10)26(24,25)21(8-14(22)23)11-3-1-2-9(6-11)15(18,19)20/h1-7H,8H2,(H,22,23). The normalized spacial score (nSPS) is 12.0. The number of rotatable bonds is 5. The molecule has 0 aliphatic heterocycles. The van der Waals surface area contributed by atoms with Gasteiger partial charge in [0, 0.05) is 5.02 Å². The Morgan fingerprint density at radius 2 is 1.77 bits per heavy atom. The zero-order chi connectivity index (χ0) is 19.7. The van der Waals surface area contributed by atoms with Crippen molar-refractivity contribution in [3.63, 3.8) is 0 Å². The number of anilines is 1. The fourth-order valence-electron chi connectivity index (χ4n) is 2.08. The van der Waals surface area contributed by atoms with Gasteiger partial charge in [-0.2, -0.15) is 13.2 Å². The van der Waals surface area contributed by atoms with Crippen LogP contribution >= 0.6 is 23.2 Å². The first kappa shape index (κ1) is 20.3. The molecule has 0 fully saturated rings. The summed E-state index contributed by atoms with van der Waals surface area (Å²) in [4.78, 5) is 10.6. The van der Waals surface area contributed by atoms with Crippen LogP contribution in [0.5, 0.6) is 0 Å².